The Morgan fingerprint density at radius 1 is 1.11 bits per heavy atom. The average Bonchev–Trinajstić information content (AvgIpc) is 3.40. The summed E-state index contributed by atoms with van der Waals surface area (Å²) < 4.78 is 0. The number of hydrogen-bond acceptors (Lipinski definition) is 7. The van der Waals surface area contributed by atoms with Crippen LogP contribution in [-0.2, 0) is 11.3 Å². The molecule has 2 heterocycles. The van der Waals surface area contributed by atoms with Gasteiger partial charge in [-0.3, -0.25) is 9.79 Å². The molecule has 3 aromatic rings. The molecule has 0 bridgehead atoms. The number of para-hydroxylation sites is 1. The van der Waals surface area contributed by atoms with Crippen LogP contribution >= 0.6 is 0 Å². The summed E-state index contributed by atoms with van der Waals surface area (Å²) in [4.78, 5) is 32.7. The summed E-state index contributed by atoms with van der Waals surface area (Å²) in [5.74, 6) is 0.381. The zero-order chi connectivity index (χ0) is 24.9. The minimum absolute atomic E-state index is 0.273. The smallest absolute Gasteiger partial charge is 0.321 e. The molecule has 11 nitrogen and oxygen atoms in total. The normalized spacial score (nSPS) is 18.1. The van der Waals surface area contributed by atoms with Crippen molar-refractivity contribution >= 4 is 35.0 Å². The molecule has 1 fully saturated rings. The van der Waals surface area contributed by atoms with Crippen LogP contribution in [0.1, 0.15) is 43.2 Å². The van der Waals surface area contributed by atoms with Crippen molar-refractivity contribution in [3.05, 3.63) is 59.7 Å². The number of carbonyl (C=O) groups excluding carboxylic acids is 2. The fourth-order valence-corrected chi connectivity index (χ4v) is 4.81. The van der Waals surface area contributed by atoms with E-state index in [0.29, 0.717) is 18.2 Å². The van der Waals surface area contributed by atoms with Crippen LogP contribution in [0.3, 0.4) is 0 Å². The number of amides is 3. The third-order valence-electron chi connectivity index (χ3n) is 6.61. The number of hydrogen-bond donors (Lipinski definition) is 4. The van der Waals surface area contributed by atoms with Crippen molar-refractivity contribution in [2.75, 3.05) is 22.6 Å². The Balaban J connectivity index is 1.32. The first-order valence-corrected chi connectivity index (χ1v) is 12.2. The number of aromatic nitrogens is 4. The SMILES string of the molecule is CN1C(=O)C(NC(=O)Nc2cccc(CNc3nn[nH]n3)c2)N=C(C2CCCCC2)c2ccccc21. The summed E-state index contributed by atoms with van der Waals surface area (Å²) in [6.45, 7) is 0.454. The lowest BCUT2D eigenvalue weighted by atomic mass is 9.83. The number of nitrogens with zero attached hydrogens (tertiary/aromatic N) is 5. The van der Waals surface area contributed by atoms with Crippen LogP contribution in [-0.4, -0.2) is 51.5 Å². The van der Waals surface area contributed by atoms with E-state index in [2.05, 4.69) is 36.6 Å². The van der Waals surface area contributed by atoms with Crippen molar-refractivity contribution in [2.24, 2.45) is 10.9 Å². The second-order valence-corrected chi connectivity index (χ2v) is 9.05. The van der Waals surface area contributed by atoms with Crippen LogP contribution in [0.25, 0.3) is 0 Å². The molecular weight excluding hydrogens is 458 g/mol. The van der Waals surface area contributed by atoms with Crippen LogP contribution in [0.5, 0.6) is 0 Å². The van der Waals surface area contributed by atoms with Crippen LogP contribution in [0.15, 0.2) is 53.5 Å². The number of benzene rings is 2. The van der Waals surface area contributed by atoms with Crippen molar-refractivity contribution in [1.29, 1.82) is 0 Å². The molecular formula is C25H29N9O2. The van der Waals surface area contributed by atoms with Gasteiger partial charge in [0.05, 0.1) is 11.4 Å². The number of likely N-dealkylation sites (N-methyl/N-ethyl adjacent to an activating group) is 1. The lowest BCUT2D eigenvalue weighted by Crippen LogP contribution is -2.47. The molecule has 4 N–H and O–H groups in total. The van der Waals surface area contributed by atoms with Gasteiger partial charge in [0.2, 0.25) is 6.17 Å². The third-order valence-corrected chi connectivity index (χ3v) is 6.61. The second-order valence-electron chi connectivity index (χ2n) is 9.05. The molecule has 1 saturated carbocycles. The number of benzodiazepines with no additional fused rings is 1. The van der Waals surface area contributed by atoms with Gasteiger partial charge in [-0.25, -0.2) is 4.79 Å². The maximum absolute atomic E-state index is 13.3. The molecule has 186 valence electrons. The predicted octanol–water partition coefficient (Wildman–Crippen LogP) is 3.31. The largest absolute Gasteiger partial charge is 0.348 e. The number of anilines is 3. The summed E-state index contributed by atoms with van der Waals surface area (Å²) in [7, 11) is 1.73. The van der Waals surface area contributed by atoms with E-state index in [9.17, 15) is 9.59 Å². The molecule has 5 rings (SSSR count). The lowest BCUT2D eigenvalue weighted by molar-refractivity contribution is -0.119. The molecule has 0 spiro atoms. The van der Waals surface area contributed by atoms with E-state index < -0.39 is 12.2 Å². The number of fused-ring (bicyclic) bond motifs is 1. The second kappa shape index (κ2) is 10.5. The summed E-state index contributed by atoms with van der Waals surface area (Å²) in [6.07, 6.45) is 4.57. The number of aromatic amines is 1. The van der Waals surface area contributed by atoms with Crippen LogP contribution in [0, 0.1) is 5.92 Å². The predicted molar refractivity (Wildman–Crippen MR) is 137 cm³/mol. The highest BCUT2D eigenvalue weighted by molar-refractivity contribution is 6.14. The van der Waals surface area contributed by atoms with E-state index in [1.807, 2.05) is 42.5 Å². The zero-order valence-corrected chi connectivity index (χ0v) is 20.1. The molecule has 1 aromatic heterocycles. The Morgan fingerprint density at radius 3 is 2.75 bits per heavy atom. The van der Waals surface area contributed by atoms with E-state index in [1.54, 1.807) is 18.0 Å². The summed E-state index contributed by atoms with van der Waals surface area (Å²) in [6, 6.07) is 14.7. The number of carbonyl (C=O) groups is 2. The maximum Gasteiger partial charge on any atom is 0.321 e. The standard InChI is InChI=1S/C25H29N9O2/c1-34-20-13-6-5-12-19(20)21(17-9-3-2-4-10-17)28-22(23(34)35)29-25(36)27-18-11-7-8-16(14-18)15-26-24-30-32-33-31-24/h5-8,11-14,17,22H,2-4,9-10,15H2,1H3,(H2,27,29,36)(H2,26,30,31,32,33). The van der Waals surface area contributed by atoms with Crippen molar-refractivity contribution < 1.29 is 9.59 Å². The average molecular weight is 488 g/mol. The van der Waals surface area contributed by atoms with Gasteiger partial charge in [-0.15, -0.1) is 5.10 Å². The summed E-state index contributed by atoms with van der Waals surface area (Å²) in [5, 5.41) is 22.3. The highest BCUT2D eigenvalue weighted by Gasteiger charge is 2.33. The number of rotatable bonds is 6. The molecule has 0 radical (unpaired) electrons. The molecule has 11 heteroatoms. The molecule has 1 aliphatic carbocycles. The Kier molecular flexibility index (Phi) is 6.87. The van der Waals surface area contributed by atoms with Gasteiger partial charge in [-0.1, -0.05) is 54.7 Å². The number of tetrazole rings is 1. The minimum atomic E-state index is -1.01. The van der Waals surface area contributed by atoms with E-state index in [1.165, 1.54) is 6.42 Å². The highest BCUT2D eigenvalue weighted by Crippen LogP contribution is 2.33. The first kappa shape index (κ1) is 23.5. The quantitative estimate of drug-likeness (QED) is 0.421. The Labute approximate surface area is 208 Å². The van der Waals surface area contributed by atoms with Gasteiger partial charge in [0, 0.05) is 30.8 Å². The van der Waals surface area contributed by atoms with E-state index in [4.69, 9.17) is 4.99 Å². The van der Waals surface area contributed by atoms with Crippen molar-refractivity contribution in [3.8, 4) is 0 Å². The first-order valence-electron chi connectivity index (χ1n) is 12.2. The molecule has 1 atom stereocenters. The summed E-state index contributed by atoms with van der Waals surface area (Å²) >= 11 is 0. The fraction of sp³-hybridized carbons (Fsp3) is 0.360. The van der Waals surface area contributed by atoms with E-state index in [-0.39, 0.29) is 11.8 Å². The summed E-state index contributed by atoms with van der Waals surface area (Å²) in [5.41, 5.74) is 4.19. The molecule has 2 aromatic carbocycles. The molecule has 0 saturated heterocycles. The van der Waals surface area contributed by atoms with Gasteiger partial charge in [-0.2, -0.15) is 5.21 Å². The van der Waals surface area contributed by atoms with Crippen LogP contribution < -0.4 is 20.9 Å². The lowest BCUT2D eigenvalue weighted by Gasteiger charge is -2.25. The monoisotopic (exact) mass is 487 g/mol. The Morgan fingerprint density at radius 2 is 1.94 bits per heavy atom. The molecule has 3 amide bonds. The number of nitrogens with one attached hydrogen (secondary N) is 4. The zero-order valence-electron chi connectivity index (χ0n) is 20.1. The maximum atomic E-state index is 13.3. The first-order chi connectivity index (χ1) is 17.6. The third kappa shape index (κ3) is 5.19. The van der Waals surface area contributed by atoms with E-state index >= 15 is 0 Å². The number of aliphatic imine (C=N–C) groups is 1. The van der Waals surface area contributed by atoms with Gasteiger partial charge < -0.3 is 20.9 Å². The number of H-pyrrole nitrogens is 1. The van der Waals surface area contributed by atoms with Crippen LogP contribution in [0.2, 0.25) is 0 Å². The van der Waals surface area contributed by atoms with Crippen LogP contribution in [0.4, 0.5) is 22.1 Å². The Hall–Kier alpha value is -4.28. The highest BCUT2D eigenvalue weighted by atomic mass is 16.2. The van der Waals surface area contributed by atoms with Crippen molar-refractivity contribution in [3.63, 3.8) is 0 Å². The van der Waals surface area contributed by atoms with Crippen molar-refractivity contribution in [1.82, 2.24) is 25.9 Å². The van der Waals surface area contributed by atoms with Gasteiger partial charge >= 0.3 is 6.03 Å². The Bertz CT molecular complexity index is 1250. The van der Waals surface area contributed by atoms with Crippen molar-refractivity contribution in [2.45, 2.75) is 44.8 Å². The van der Waals surface area contributed by atoms with Gasteiger partial charge in [0.25, 0.3) is 11.9 Å². The molecule has 36 heavy (non-hydrogen) atoms. The minimum Gasteiger partial charge on any atom is -0.348 e. The number of urea groups is 1. The molecule has 1 unspecified atom stereocenters. The topological polar surface area (TPSA) is 140 Å². The van der Waals surface area contributed by atoms with Gasteiger partial charge in [0.1, 0.15) is 0 Å². The molecule has 1 aliphatic heterocycles. The van der Waals surface area contributed by atoms with Gasteiger partial charge in [0.15, 0.2) is 0 Å². The van der Waals surface area contributed by atoms with Gasteiger partial charge in [-0.05, 0) is 41.8 Å². The molecule has 2 aliphatic rings. The fourth-order valence-electron chi connectivity index (χ4n) is 4.81. The van der Waals surface area contributed by atoms with E-state index in [0.717, 1.165) is 48.2 Å².